The quantitative estimate of drug-likeness (QED) is 0.823. The van der Waals surface area contributed by atoms with Crippen LogP contribution >= 0.6 is 0 Å². The number of hydrogen-bond acceptors (Lipinski definition) is 5. The molecular formula is C12H17NO5S. The molecule has 0 aliphatic carbocycles. The Kier molecular flexibility index (Phi) is 4.90. The fourth-order valence-electron chi connectivity index (χ4n) is 1.36. The summed E-state index contributed by atoms with van der Waals surface area (Å²) in [6.07, 6.45) is 0.428. The van der Waals surface area contributed by atoms with Crippen molar-refractivity contribution in [2.75, 3.05) is 7.11 Å². The van der Waals surface area contributed by atoms with Gasteiger partial charge >= 0.3 is 5.97 Å². The van der Waals surface area contributed by atoms with Crippen LogP contribution < -0.4 is 9.88 Å². The van der Waals surface area contributed by atoms with Gasteiger partial charge in [0.2, 0.25) is 10.0 Å². The Bertz CT molecular complexity index is 567. The maximum atomic E-state index is 11.8. The third-order valence-electron chi connectivity index (χ3n) is 2.59. The summed E-state index contributed by atoms with van der Waals surface area (Å²) in [5.41, 5.74) is 0.116. The zero-order valence-corrected chi connectivity index (χ0v) is 11.9. The van der Waals surface area contributed by atoms with Gasteiger partial charge in [0.1, 0.15) is 10.6 Å². The number of methoxy groups -OCH3 is 1. The van der Waals surface area contributed by atoms with E-state index in [1.807, 2.05) is 6.92 Å². The number of esters is 1. The Balaban J connectivity index is 3.16. The number of hydrogen-bond donors (Lipinski definition) is 1. The van der Waals surface area contributed by atoms with E-state index in [1.165, 1.54) is 19.2 Å². The minimum atomic E-state index is -3.97. The summed E-state index contributed by atoms with van der Waals surface area (Å²) in [5.74, 6) is -0.510. The molecule has 0 saturated carbocycles. The van der Waals surface area contributed by atoms with Crippen molar-refractivity contribution in [1.82, 2.24) is 0 Å². The van der Waals surface area contributed by atoms with Crippen LogP contribution in [-0.4, -0.2) is 27.6 Å². The third kappa shape index (κ3) is 3.93. The monoisotopic (exact) mass is 287 g/mol. The van der Waals surface area contributed by atoms with Gasteiger partial charge in [-0.3, -0.25) is 0 Å². The molecule has 2 N–H and O–H groups in total. The molecule has 0 aliphatic heterocycles. The van der Waals surface area contributed by atoms with E-state index < -0.39 is 16.0 Å². The third-order valence-corrected chi connectivity index (χ3v) is 3.52. The van der Waals surface area contributed by atoms with Crippen LogP contribution in [0.4, 0.5) is 0 Å². The van der Waals surface area contributed by atoms with E-state index in [0.717, 1.165) is 6.07 Å². The van der Waals surface area contributed by atoms with Crippen LogP contribution in [0.2, 0.25) is 0 Å². The SMILES string of the molecule is CCC(C)OC(=O)c1ccc(OC)c(S(N)(=O)=O)c1. The summed E-state index contributed by atoms with van der Waals surface area (Å²) in [5, 5.41) is 5.07. The first-order valence-electron chi connectivity index (χ1n) is 5.71. The first kappa shape index (κ1) is 15.5. The topological polar surface area (TPSA) is 95.7 Å². The highest BCUT2D eigenvalue weighted by molar-refractivity contribution is 7.89. The van der Waals surface area contributed by atoms with Crippen molar-refractivity contribution >= 4 is 16.0 Å². The van der Waals surface area contributed by atoms with Gasteiger partial charge in [-0.25, -0.2) is 18.4 Å². The lowest BCUT2D eigenvalue weighted by atomic mass is 10.2. The van der Waals surface area contributed by atoms with E-state index in [-0.39, 0.29) is 22.3 Å². The Hall–Kier alpha value is -1.60. The van der Waals surface area contributed by atoms with Gasteiger partial charge in [0, 0.05) is 0 Å². The summed E-state index contributed by atoms with van der Waals surface area (Å²) >= 11 is 0. The Labute approximate surface area is 112 Å². The molecule has 1 aromatic carbocycles. The van der Waals surface area contributed by atoms with Crippen molar-refractivity contribution in [1.29, 1.82) is 0 Å². The largest absolute Gasteiger partial charge is 0.495 e. The lowest BCUT2D eigenvalue weighted by Crippen LogP contribution is -2.17. The van der Waals surface area contributed by atoms with Gasteiger partial charge in [0.25, 0.3) is 0 Å². The number of carbonyl (C=O) groups excluding carboxylic acids is 1. The molecule has 6 nitrogen and oxygen atoms in total. The molecule has 0 amide bonds. The van der Waals surface area contributed by atoms with Crippen molar-refractivity contribution in [2.24, 2.45) is 5.14 Å². The molecule has 0 aromatic heterocycles. The van der Waals surface area contributed by atoms with Crippen LogP contribution in [0.1, 0.15) is 30.6 Å². The van der Waals surface area contributed by atoms with Crippen LogP contribution in [-0.2, 0) is 14.8 Å². The molecule has 1 rings (SSSR count). The van der Waals surface area contributed by atoms with E-state index in [2.05, 4.69) is 0 Å². The normalized spacial score (nSPS) is 12.8. The van der Waals surface area contributed by atoms with Gasteiger partial charge in [0.05, 0.1) is 18.8 Å². The minimum Gasteiger partial charge on any atom is -0.495 e. The predicted octanol–water partition coefficient (Wildman–Crippen LogP) is 1.30. The molecule has 1 unspecified atom stereocenters. The van der Waals surface area contributed by atoms with Crippen molar-refractivity contribution in [3.63, 3.8) is 0 Å². The number of primary sulfonamides is 1. The maximum Gasteiger partial charge on any atom is 0.338 e. The molecule has 0 fully saturated rings. The number of rotatable bonds is 5. The van der Waals surface area contributed by atoms with E-state index >= 15 is 0 Å². The molecule has 0 aliphatic rings. The molecule has 0 spiro atoms. The molecular weight excluding hydrogens is 270 g/mol. The second-order valence-corrected chi connectivity index (χ2v) is 5.56. The second kappa shape index (κ2) is 6.03. The minimum absolute atomic E-state index is 0.0857. The number of ether oxygens (including phenoxy) is 2. The molecule has 19 heavy (non-hydrogen) atoms. The van der Waals surface area contributed by atoms with Gasteiger partial charge in [0.15, 0.2) is 0 Å². The predicted molar refractivity (Wildman–Crippen MR) is 69.5 cm³/mol. The number of carbonyl (C=O) groups is 1. The van der Waals surface area contributed by atoms with Gasteiger partial charge in [-0.05, 0) is 31.5 Å². The number of nitrogens with two attached hydrogens (primary N) is 1. The van der Waals surface area contributed by atoms with Crippen LogP contribution in [0.15, 0.2) is 23.1 Å². The Morgan fingerprint density at radius 3 is 2.53 bits per heavy atom. The summed E-state index contributed by atoms with van der Waals surface area (Å²) in [7, 11) is -2.65. The van der Waals surface area contributed by atoms with Gasteiger partial charge < -0.3 is 9.47 Å². The molecule has 1 atom stereocenters. The lowest BCUT2D eigenvalue weighted by Gasteiger charge is -2.12. The zero-order valence-electron chi connectivity index (χ0n) is 11.0. The average molecular weight is 287 g/mol. The average Bonchev–Trinajstić information content (AvgIpc) is 2.36. The van der Waals surface area contributed by atoms with E-state index in [9.17, 15) is 13.2 Å². The highest BCUT2D eigenvalue weighted by Gasteiger charge is 2.19. The van der Waals surface area contributed by atoms with Crippen LogP contribution in [0.25, 0.3) is 0 Å². The van der Waals surface area contributed by atoms with Gasteiger partial charge in [-0.1, -0.05) is 6.92 Å². The van der Waals surface area contributed by atoms with Gasteiger partial charge in [-0.15, -0.1) is 0 Å². The van der Waals surface area contributed by atoms with Gasteiger partial charge in [-0.2, -0.15) is 0 Å². The van der Waals surface area contributed by atoms with Crippen LogP contribution in [0.3, 0.4) is 0 Å². The fraction of sp³-hybridized carbons (Fsp3) is 0.417. The maximum absolute atomic E-state index is 11.8. The van der Waals surface area contributed by atoms with E-state index in [1.54, 1.807) is 6.92 Å². The molecule has 0 radical (unpaired) electrons. The highest BCUT2D eigenvalue weighted by Crippen LogP contribution is 2.24. The highest BCUT2D eigenvalue weighted by atomic mass is 32.2. The fourth-order valence-corrected chi connectivity index (χ4v) is 2.08. The molecule has 106 valence electrons. The van der Waals surface area contributed by atoms with Crippen LogP contribution in [0, 0.1) is 0 Å². The second-order valence-electron chi connectivity index (χ2n) is 4.03. The molecule has 0 heterocycles. The summed E-state index contributed by atoms with van der Waals surface area (Å²) in [6, 6.07) is 3.95. The summed E-state index contributed by atoms with van der Waals surface area (Å²) in [6.45, 7) is 3.63. The molecule has 7 heteroatoms. The standard InChI is InChI=1S/C12H17NO5S/c1-4-8(2)18-12(14)9-5-6-10(17-3)11(7-9)19(13,15)16/h5-8H,4H2,1-3H3,(H2,13,15,16). The molecule has 0 saturated heterocycles. The smallest absolute Gasteiger partial charge is 0.338 e. The van der Waals surface area contributed by atoms with Crippen LogP contribution in [0.5, 0.6) is 5.75 Å². The Morgan fingerprint density at radius 2 is 2.05 bits per heavy atom. The van der Waals surface area contributed by atoms with E-state index in [0.29, 0.717) is 6.42 Å². The van der Waals surface area contributed by atoms with Crippen molar-refractivity contribution in [2.45, 2.75) is 31.3 Å². The lowest BCUT2D eigenvalue weighted by molar-refractivity contribution is 0.0334. The van der Waals surface area contributed by atoms with E-state index in [4.69, 9.17) is 14.6 Å². The summed E-state index contributed by atoms with van der Waals surface area (Å²) < 4.78 is 32.8. The first-order chi connectivity index (χ1) is 8.79. The van der Waals surface area contributed by atoms with Crippen molar-refractivity contribution in [3.8, 4) is 5.75 Å². The van der Waals surface area contributed by atoms with Crippen molar-refractivity contribution in [3.05, 3.63) is 23.8 Å². The van der Waals surface area contributed by atoms with Crippen molar-refractivity contribution < 1.29 is 22.7 Å². The number of sulfonamides is 1. The zero-order chi connectivity index (χ0) is 14.6. The molecule has 1 aromatic rings. The summed E-state index contributed by atoms with van der Waals surface area (Å²) in [4.78, 5) is 11.6. The Morgan fingerprint density at radius 1 is 1.42 bits per heavy atom. The number of benzene rings is 1. The molecule has 0 bridgehead atoms. The first-order valence-corrected chi connectivity index (χ1v) is 7.26.